The lowest BCUT2D eigenvalue weighted by molar-refractivity contribution is 0.180. The number of benzene rings is 3. The van der Waals surface area contributed by atoms with E-state index in [9.17, 15) is 4.39 Å². The maximum atomic E-state index is 13.5. The first-order valence-corrected chi connectivity index (χ1v) is 12.3. The Bertz CT molecular complexity index is 1520. The van der Waals surface area contributed by atoms with Crippen molar-refractivity contribution in [3.63, 3.8) is 0 Å². The van der Waals surface area contributed by atoms with E-state index in [-0.39, 0.29) is 11.9 Å². The topological polar surface area (TPSA) is 70.6 Å². The van der Waals surface area contributed by atoms with E-state index in [0.29, 0.717) is 25.2 Å². The van der Waals surface area contributed by atoms with Crippen molar-refractivity contribution in [2.75, 3.05) is 0 Å². The van der Waals surface area contributed by atoms with Crippen LogP contribution in [0.4, 0.5) is 4.39 Å². The fourth-order valence-corrected chi connectivity index (χ4v) is 4.46. The Morgan fingerprint density at radius 2 is 1.68 bits per heavy atom. The number of para-hydroxylation sites is 1. The largest absolute Gasteiger partial charge is 0.312 e. The molecule has 37 heavy (non-hydrogen) atoms. The Balaban J connectivity index is 1.39. The van der Waals surface area contributed by atoms with Crippen molar-refractivity contribution in [2.45, 2.75) is 39.0 Å². The van der Waals surface area contributed by atoms with E-state index in [2.05, 4.69) is 46.3 Å². The predicted molar refractivity (Wildman–Crippen MR) is 141 cm³/mol. The Labute approximate surface area is 215 Å². The fourth-order valence-electron chi connectivity index (χ4n) is 4.46. The molecule has 6 nitrogen and oxygen atoms in total. The molecule has 0 fully saturated rings. The maximum absolute atomic E-state index is 13.5. The van der Waals surface area contributed by atoms with Crippen LogP contribution in [0.25, 0.3) is 10.9 Å². The van der Waals surface area contributed by atoms with Crippen LogP contribution in [-0.2, 0) is 26.1 Å². The number of aromatic nitrogens is 4. The number of nitriles is 1. The first-order chi connectivity index (χ1) is 18.1. The molecule has 0 radical (unpaired) electrons. The molecule has 5 rings (SSSR count). The third-order valence-corrected chi connectivity index (χ3v) is 6.57. The molecule has 1 unspecified atom stereocenters. The van der Waals surface area contributed by atoms with Crippen molar-refractivity contribution in [3.05, 3.63) is 125 Å². The van der Waals surface area contributed by atoms with Crippen LogP contribution < -0.4 is 0 Å². The number of hydrogen-bond acceptors (Lipinski definition) is 5. The van der Waals surface area contributed by atoms with Gasteiger partial charge in [-0.1, -0.05) is 48.5 Å². The van der Waals surface area contributed by atoms with Gasteiger partial charge in [-0.15, -0.1) is 10.2 Å². The van der Waals surface area contributed by atoms with E-state index in [1.54, 1.807) is 6.33 Å². The molecule has 1 atom stereocenters. The zero-order valence-corrected chi connectivity index (χ0v) is 20.6. The molecule has 2 aromatic heterocycles. The van der Waals surface area contributed by atoms with Gasteiger partial charge in [0.1, 0.15) is 18.0 Å². The molecule has 5 aromatic rings. The highest BCUT2D eigenvalue weighted by Crippen LogP contribution is 2.19. The van der Waals surface area contributed by atoms with Gasteiger partial charge in [-0.3, -0.25) is 9.88 Å². The van der Waals surface area contributed by atoms with Crippen LogP contribution in [0.3, 0.4) is 0 Å². The Morgan fingerprint density at radius 3 is 2.46 bits per heavy atom. The summed E-state index contributed by atoms with van der Waals surface area (Å²) < 4.78 is 15.5. The first-order valence-electron chi connectivity index (χ1n) is 12.3. The van der Waals surface area contributed by atoms with Crippen molar-refractivity contribution in [1.29, 1.82) is 5.26 Å². The molecule has 0 bridgehead atoms. The second-order valence-electron chi connectivity index (χ2n) is 9.26. The number of fused-ring (bicyclic) bond motifs is 1. The van der Waals surface area contributed by atoms with Gasteiger partial charge >= 0.3 is 0 Å². The first kappa shape index (κ1) is 24.3. The molecule has 2 heterocycles. The average molecular weight is 491 g/mol. The van der Waals surface area contributed by atoms with Gasteiger partial charge in [0, 0.05) is 18.0 Å². The normalized spacial score (nSPS) is 12.1. The highest BCUT2D eigenvalue weighted by atomic mass is 19.1. The minimum atomic E-state index is -0.232. The lowest BCUT2D eigenvalue weighted by Gasteiger charge is -2.29. The Hall–Kier alpha value is -4.41. The quantitative estimate of drug-likeness (QED) is 0.272. The van der Waals surface area contributed by atoms with Gasteiger partial charge in [0.2, 0.25) is 0 Å². The van der Waals surface area contributed by atoms with E-state index in [1.807, 2.05) is 59.2 Å². The molecule has 0 saturated carbocycles. The second-order valence-corrected chi connectivity index (χ2v) is 9.26. The van der Waals surface area contributed by atoms with Crippen molar-refractivity contribution >= 4 is 10.9 Å². The third-order valence-electron chi connectivity index (χ3n) is 6.57. The SMILES string of the molecule is CC(Cc1ccc(F)cc1)N(Cc1ccc2ccccc2n1)Cc1nncn1Cc1ccc(C#N)cc1. The number of halogens is 1. The second kappa shape index (κ2) is 11.1. The van der Waals surface area contributed by atoms with Crippen LogP contribution in [-0.4, -0.2) is 30.7 Å². The lowest BCUT2D eigenvalue weighted by Crippen LogP contribution is -2.35. The standard InChI is InChI=1S/C30H27FN6/c1-22(16-23-10-13-27(31)14-11-23)36(19-28-15-12-26-4-2-3-5-29(26)34-28)20-30-35-33-21-37(30)18-25-8-6-24(17-32)7-9-25/h2-15,21-22H,16,18-20H2,1H3. The summed E-state index contributed by atoms with van der Waals surface area (Å²) in [7, 11) is 0. The summed E-state index contributed by atoms with van der Waals surface area (Å²) in [6, 6.07) is 28.8. The van der Waals surface area contributed by atoms with Crippen LogP contribution >= 0.6 is 0 Å². The van der Waals surface area contributed by atoms with Gasteiger partial charge in [-0.2, -0.15) is 5.26 Å². The zero-order valence-electron chi connectivity index (χ0n) is 20.6. The molecule has 0 aliphatic heterocycles. The van der Waals surface area contributed by atoms with Gasteiger partial charge < -0.3 is 4.57 Å². The third kappa shape index (κ3) is 6.05. The van der Waals surface area contributed by atoms with Gasteiger partial charge in [-0.05, 0) is 60.9 Å². The number of pyridine rings is 1. The summed E-state index contributed by atoms with van der Waals surface area (Å²) in [5.74, 6) is 0.612. The van der Waals surface area contributed by atoms with E-state index in [0.717, 1.165) is 40.0 Å². The molecule has 0 aliphatic carbocycles. The summed E-state index contributed by atoms with van der Waals surface area (Å²) in [4.78, 5) is 7.22. The summed E-state index contributed by atoms with van der Waals surface area (Å²) in [5.41, 5.74) is 4.72. The van der Waals surface area contributed by atoms with Crippen LogP contribution in [0.1, 0.15) is 35.1 Å². The highest BCUT2D eigenvalue weighted by Gasteiger charge is 2.19. The molecule has 184 valence electrons. The minimum Gasteiger partial charge on any atom is -0.312 e. The van der Waals surface area contributed by atoms with E-state index in [4.69, 9.17) is 10.2 Å². The molecule has 0 aliphatic rings. The van der Waals surface area contributed by atoms with Crippen LogP contribution in [0, 0.1) is 17.1 Å². The van der Waals surface area contributed by atoms with E-state index < -0.39 is 0 Å². The monoisotopic (exact) mass is 490 g/mol. The zero-order chi connectivity index (χ0) is 25.6. The van der Waals surface area contributed by atoms with Gasteiger partial charge in [0.25, 0.3) is 0 Å². The van der Waals surface area contributed by atoms with Crippen molar-refractivity contribution in [3.8, 4) is 6.07 Å². The molecule has 3 aromatic carbocycles. The molecule has 0 amide bonds. The van der Waals surface area contributed by atoms with Crippen molar-refractivity contribution in [2.24, 2.45) is 0 Å². The Kier molecular flexibility index (Phi) is 7.29. The lowest BCUT2D eigenvalue weighted by atomic mass is 10.1. The number of rotatable bonds is 9. The molecule has 0 saturated heterocycles. The highest BCUT2D eigenvalue weighted by molar-refractivity contribution is 5.78. The number of nitrogens with zero attached hydrogens (tertiary/aromatic N) is 6. The summed E-state index contributed by atoms with van der Waals surface area (Å²) in [6.07, 6.45) is 2.50. The van der Waals surface area contributed by atoms with Crippen molar-refractivity contribution in [1.82, 2.24) is 24.6 Å². The summed E-state index contributed by atoms with van der Waals surface area (Å²) in [6.45, 7) is 4.00. The molecular formula is C30H27FN6. The van der Waals surface area contributed by atoms with Crippen molar-refractivity contribution < 1.29 is 4.39 Å². The molecule has 0 spiro atoms. The molecular weight excluding hydrogens is 463 g/mol. The fraction of sp³-hybridized carbons (Fsp3) is 0.200. The van der Waals surface area contributed by atoms with Gasteiger partial charge in [-0.25, -0.2) is 4.39 Å². The minimum absolute atomic E-state index is 0.138. The van der Waals surface area contributed by atoms with Crippen LogP contribution in [0.15, 0.2) is 91.3 Å². The summed E-state index contributed by atoms with van der Waals surface area (Å²) in [5, 5.41) is 18.8. The van der Waals surface area contributed by atoms with Crippen LogP contribution in [0.2, 0.25) is 0 Å². The van der Waals surface area contributed by atoms with E-state index in [1.165, 1.54) is 12.1 Å². The summed E-state index contributed by atoms with van der Waals surface area (Å²) >= 11 is 0. The van der Waals surface area contributed by atoms with Gasteiger partial charge in [0.15, 0.2) is 0 Å². The maximum Gasteiger partial charge on any atom is 0.147 e. The smallest absolute Gasteiger partial charge is 0.147 e. The molecule has 0 N–H and O–H groups in total. The van der Waals surface area contributed by atoms with Gasteiger partial charge in [0.05, 0.1) is 35.9 Å². The Morgan fingerprint density at radius 1 is 0.919 bits per heavy atom. The number of hydrogen-bond donors (Lipinski definition) is 0. The molecule has 7 heteroatoms. The van der Waals surface area contributed by atoms with Crippen LogP contribution in [0.5, 0.6) is 0 Å². The predicted octanol–water partition coefficient (Wildman–Crippen LogP) is 5.52. The average Bonchev–Trinajstić information content (AvgIpc) is 3.36. The van der Waals surface area contributed by atoms with E-state index >= 15 is 0 Å².